The predicted octanol–water partition coefficient (Wildman–Crippen LogP) is 4.43. The number of rotatable bonds is 2. The van der Waals surface area contributed by atoms with Crippen LogP contribution in [0.1, 0.15) is 65.3 Å². The number of amides is 1. The van der Waals surface area contributed by atoms with Gasteiger partial charge in [0.1, 0.15) is 23.4 Å². The Morgan fingerprint density at radius 3 is 2.55 bits per heavy atom. The summed E-state index contributed by atoms with van der Waals surface area (Å²) in [7, 11) is 0. The lowest BCUT2D eigenvalue weighted by molar-refractivity contribution is 0.0272. The number of nitrogens with two attached hydrogens (primary N) is 1. The van der Waals surface area contributed by atoms with Crippen LogP contribution in [0.2, 0.25) is 0 Å². The second-order valence-electron chi connectivity index (χ2n) is 11.2. The summed E-state index contributed by atoms with van der Waals surface area (Å²) in [4.78, 5) is 25.9. The number of carbonyl (C=O) groups is 1. The van der Waals surface area contributed by atoms with Crippen molar-refractivity contribution in [2.45, 2.75) is 77.0 Å². The first-order valence-corrected chi connectivity index (χ1v) is 13.2. The van der Waals surface area contributed by atoms with Gasteiger partial charge in [0.2, 0.25) is 0 Å². The summed E-state index contributed by atoms with van der Waals surface area (Å²) < 4.78 is 9.07. The van der Waals surface area contributed by atoms with Gasteiger partial charge in [0.25, 0.3) is 0 Å². The van der Waals surface area contributed by atoms with Crippen LogP contribution < -0.4 is 5.73 Å². The fraction of sp³-hybridized carbons (Fsp3) is 0.708. The number of aromatic nitrogens is 3. The molecule has 0 aromatic carbocycles. The van der Waals surface area contributed by atoms with Gasteiger partial charge in [-0.3, -0.25) is 4.90 Å². The highest BCUT2D eigenvalue weighted by atomic mass is 127. The number of fused-ring (bicyclic) bond motifs is 1. The highest BCUT2D eigenvalue weighted by molar-refractivity contribution is 14.1. The van der Waals surface area contributed by atoms with Gasteiger partial charge in [-0.05, 0) is 88.4 Å². The molecule has 1 saturated carbocycles. The van der Waals surface area contributed by atoms with Crippen molar-refractivity contribution in [3.8, 4) is 0 Å². The zero-order chi connectivity index (χ0) is 23.4. The minimum absolute atomic E-state index is 0.156. The molecule has 33 heavy (non-hydrogen) atoms. The lowest BCUT2D eigenvalue weighted by Crippen LogP contribution is -2.40. The van der Waals surface area contributed by atoms with Gasteiger partial charge in [0, 0.05) is 46.9 Å². The summed E-state index contributed by atoms with van der Waals surface area (Å²) in [6, 6.07) is 1.10. The number of hydrogen-bond donors (Lipinski definition) is 1. The lowest BCUT2D eigenvalue weighted by Gasteiger charge is -2.36. The Labute approximate surface area is 209 Å². The van der Waals surface area contributed by atoms with Crippen molar-refractivity contribution >= 4 is 45.5 Å². The van der Waals surface area contributed by atoms with E-state index in [1.54, 1.807) is 6.33 Å². The summed E-state index contributed by atoms with van der Waals surface area (Å²) in [6.07, 6.45) is 10.6. The third kappa shape index (κ3) is 4.54. The lowest BCUT2D eigenvalue weighted by atomic mass is 9.86. The molecule has 1 unspecified atom stereocenters. The number of nitrogens with zero attached hydrogens (tertiary/aromatic N) is 5. The summed E-state index contributed by atoms with van der Waals surface area (Å²) in [5.41, 5.74) is 6.88. The molecule has 8 nitrogen and oxygen atoms in total. The van der Waals surface area contributed by atoms with Gasteiger partial charge in [0.15, 0.2) is 0 Å². The maximum Gasteiger partial charge on any atom is 0.410 e. The fourth-order valence-corrected chi connectivity index (χ4v) is 6.89. The fourth-order valence-electron chi connectivity index (χ4n) is 6.07. The van der Waals surface area contributed by atoms with Crippen LogP contribution in [0.25, 0.3) is 11.0 Å². The molecule has 0 radical (unpaired) electrons. The molecule has 2 saturated heterocycles. The Kier molecular flexibility index (Phi) is 5.99. The second kappa shape index (κ2) is 8.55. The van der Waals surface area contributed by atoms with E-state index in [-0.39, 0.29) is 11.5 Å². The Bertz CT molecular complexity index is 1040. The van der Waals surface area contributed by atoms with Crippen molar-refractivity contribution in [3.05, 3.63) is 16.1 Å². The second-order valence-corrected chi connectivity index (χ2v) is 12.3. The van der Waals surface area contributed by atoms with Crippen molar-refractivity contribution in [1.82, 2.24) is 24.3 Å². The van der Waals surface area contributed by atoms with E-state index in [1.165, 1.54) is 19.3 Å². The van der Waals surface area contributed by atoms with Gasteiger partial charge in [-0.25, -0.2) is 14.8 Å². The average Bonchev–Trinajstić information content (AvgIpc) is 3.46. The highest BCUT2D eigenvalue weighted by Gasteiger charge is 2.47. The first kappa shape index (κ1) is 23.1. The largest absolute Gasteiger partial charge is 0.444 e. The minimum atomic E-state index is -0.436. The smallest absolute Gasteiger partial charge is 0.410 e. The number of anilines is 1. The Hall–Kier alpha value is -1.62. The summed E-state index contributed by atoms with van der Waals surface area (Å²) >= 11 is 2.34. The number of ether oxygens (including phenoxy) is 1. The number of nitrogen functional groups attached to an aromatic ring is 1. The quantitative estimate of drug-likeness (QED) is 0.541. The van der Waals surface area contributed by atoms with Crippen LogP contribution >= 0.6 is 22.6 Å². The van der Waals surface area contributed by atoms with E-state index in [4.69, 9.17) is 10.5 Å². The molecule has 3 fully saturated rings. The van der Waals surface area contributed by atoms with Gasteiger partial charge in [-0.15, -0.1) is 0 Å². The van der Waals surface area contributed by atoms with Crippen LogP contribution in [-0.2, 0) is 4.74 Å². The highest BCUT2D eigenvalue weighted by Crippen LogP contribution is 2.43. The third-order valence-corrected chi connectivity index (χ3v) is 8.54. The van der Waals surface area contributed by atoms with Crippen LogP contribution in [-0.4, -0.2) is 68.3 Å². The van der Waals surface area contributed by atoms with Crippen LogP contribution in [0.4, 0.5) is 10.6 Å². The Morgan fingerprint density at radius 2 is 1.82 bits per heavy atom. The molecule has 1 atom stereocenters. The van der Waals surface area contributed by atoms with Crippen molar-refractivity contribution in [2.24, 2.45) is 5.41 Å². The first-order chi connectivity index (χ1) is 15.6. The van der Waals surface area contributed by atoms with E-state index in [2.05, 4.69) is 48.2 Å². The van der Waals surface area contributed by atoms with Gasteiger partial charge in [-0.1, -0.05) is 0 Å². The SMILES string of the molecule is CC(C)(C)OC(=O)N1CCC2(CCN([C@H]3CC[C@@H](n4cc(I)c5c(N)ncnc54)CC3)C2)C1. The Morgan fingerprint density at radius 1 is 1.12 bits per heavy atom. The molecule has 1 amide bonds. The van der Waals surface area contributed by atoms with E-state index < -0.39 is 5.60 Å². The molecule has 4 heterocycles. The molecular weight excluding hydrogens is 531 g/mol. The van der Waals surface area contributed by atoms with Gasteiger partial charge < -0.3 is 19.9 Å². The van der Waals surface area contributed by atoms with Crippen molar-refractivity contribution in [1.29, 1.82) is 0 Å². The van der Waals surface area contributed by atoms with E-state index in [0.29, 0.717) is 17.9 Å². The molecule has 2 aliphatic heterocycles. The molecule has 0 bridgehead atoms. The van der Waals surface area contributed by atoms with E-state index in [9.17, 15) is 4.79 Å². The standard InChI is InChI=1S/C24H35IN6O2/c1-23(2,3)33-22(32)30-11-9-24(14-30)8-10-29(13-24)16-4-6-17(7-5-16)31-12-18(25)19-20(26)27-15-28-21(19)31/h12,15-17H,4-11,13-14H2,1-3H3,(H2,26,27,28)/t16-,17+,24?. The number of hydrogen-bond acceptors (Lipinski definition) is 6. The van der Waals surface area contributed by atoms with Crippen LogP contribution in [0.5, 0.6) is 0 Å². The molecule has 2 N–H and O–H groups in total. The monoisotopic (exact) mass is 566 g/mol. The van der Waals surface area contributed by atoms with Gasteiger partial charge >= 0.3 is 6.09 Å². The van der Waals surface area contributed by atoms with Crippen LogP contribution in [0, 0.1) is 8.99 Å². The van der Waals surface area contributed by atoms with E-state index in [1.807, 2.05) is 25.7 Å². The molecule has 9 heteroatoms. The van der Waals surface area contributed by atoms with E-state index in [0.717, 1.165) is 60.0 Å². The van der Waals surface area contributed by atoms with Crippen molar-refractivity contribution in [3.63, 3.8) is 0 Å². The first-order valence-electron chi connectivity index (χ1n) is 12.1. The molecule has 180 valence electrons. The zero-order valence-electron chi connectivity index (χ0n) is 19.9. The number of carbonyl (C=O) groups excluding carboxylic acids is 1. The van der Waals surface area contributed by atoms with Crippen LogP contribution in [0.3, 0.4) is 0 Å². The molecular formula is C24H35IN6O2. The van der Waals surface area contributed by atoms with Crippen molar-refractivity contribution < 1.29 is 9.53 Å². The number of halogens is 1. The average molecular weight is 566 g/mol. The predicted molar refractivity (Wildman–Crippen MR) is 137 cm³/mol. The Balaban J connectivity index is 1.19. The third-order valence-electron chi connectivity index (χ3n) is 7.73. The topological polar surface area (TPSA) is 89.5 Å². The molecule has 5 rings (SSSR count). The number of likely N-dealkylation sites (tertiary alicyclic amines) is 2. The summed E-state index contributed by atoms with van der Waals surface area (Å²) in [5.74, 6) is 0.566. The maximum atomic E-state index is 12.5. The maximum absolute atomic E-state index is 12.5. The zero-order valence-corrected chi connectivity index (χ0v) is 22.0. The van der Waals surface area contributed by atoms with Gasteiger partial charge in [0.05, 0.1) is 5.39 Å². The molecule has 2 aromatic heterocycles. The molecule has 2 aromatic rings. The molecule has 3 aliphatic rings. The summed E-state index contributed by atoms with van der Waals surface area (Å²) in [5, 5.41) is 0.984. The minimum Gasteiger partial charge on any atom is -0.444 e. The molecule has 1 spiro atoms. The van der Waals surface area contributed by atoms with Gasteiger partial charge in [-0.2, -0.15) is 0 Å². The molecule has 1 aliphatic carbocycles. The summed E-state index contributed by atoms with van der Waals surface area (Å²) in [6.45, 7) is 9.71. The van der Waals surface area contributed by atoms with Crippen molar-refractivity contribution in [2.75, 3.05) is 31.9 Å². The normalized spacial score (nSPS) is 28.8. The van der Waals surface area contributed by atoms with E-state index >= 15 is 0 Å². The van der Waals surface area contributed by atoms with Crippen LogP contribution in [0.15, 0.2) is 12.5 Å².